The molecule has 134 valence electrons. The number of esters is 1. The maximum Gasteiger partial charge on any atom is 0.305 e. The fraction of sp³-hybridized carbons (Fsp3) is 0.238. The average molecular weight is 366 g/mol. The number of nitrogens with zero attached hydrogens (tertiary/aromatic N) is 1. The summed E-state index contributed by atoms with van der Waals surface area (Å²) in [5.41, 5.74) is 3.19. The molecular formula is C21H22N2O2S. The highest BCUT2D eigenvalue weighted by molar-refractivity contribution is 7.19. The molecule has 0 amide bonds. The number of carbonyl (C=O) groups is 1. The minimum Gasteiger partial charge on any atom is -0.466 e. The number of aromatic nitrogens is 1. The van der Waals surface area contributed by atoms with Crippen LogP contribution in [0.5, 0.6) is 0 Å². The van der Waals surface area contributed by atoms with Crippen LogP contribution >= 0.6 is 11.3 Å². The van der Waals surface area contributed by atoms with Crippen LogP contribution in [0, 0.1) is 0 Å². The van der Waals surface area contributed by atoms with Crippen molar-refractivity contribution in [3.05, 3.63) is 59.1 Å². The molecule has 0 saturated carbocycles. The molecule has 0 fully saturated rings. The Morgan fingerprint density at radius 3 is 2.92 bits per heavy atom. The van der Waals surface area contributed by atoms with E-state index in [0.29, 0.717) is 13.0 Å². The van der Waals surface area contributed by atoms with E-state index in [4.69, 9.17) is 4.74 Å². The van der Waals surface area contributed by atoms with Crippen molar-refractivity contribution in [3.8, 4) is 0 Å². The molecule has 0 aliphatic heterocycles. The number of rotatable bonds is 8. The van der Waals surface area contributed by atoms with Gasteiger partial charge in [0.15, 0.2) is 0 Å². The Balaban J connectivity index is 1.56. The van der Waals surface area contributed by atoms with Crippen LogP contribution in [-0.2, 0) is 9.53 Å². The molecule has 0 aliphatic carbocycles. The molecule has 4 nitrogen and oxygen atoms in total. The highest BCUT2D eigenvalue weighted by Gasteiger charge is 2.01. The summed E-state index contributed by atoms with van der Waals surface area (Å²) in [5.74, 6) is -0.137. The van der Waals surface area contributed by atoms with Crippen LogP contribution in [-0.4, -0.2) is 24.1 Å². The average Bonchev–Trinajstić information content (AvgIpc) is 3.07. The Bertz CT molecular complexity index is 869. The number of hydrogen-bond donors (Lipinski definition) is 1. The number of carbonyl (C=O) groups excluding carboxylic acids is 1. The maximum absolute atomic E-state index is 11.3. The molecule has 1 N–H and O–H groups in total. The zero-order valence-corrected chi connectivity index (χ0v) is 15.6. The summed E-state index contributed by atoms with van der Waals surface area (Å²) in [7, 11) is 0. The molecule has 0 bridgehead atoms. The second-order valence-corrected chi connectivity index (χ2v) is 6.88. The number of fused-ring (bicyclic) bond motifs is 1. The first-order valence-corrected chi connectivity index (χ1v) is 9.59. The normalized spacial score (nSPS) is 11.1. The monoisotopic (exact) mass is 366 g/mol. The van der Waals surface area contributed by atoms with Crippen LogP contribution in [0.4, 0.5) is 5.69 Å². The molecule has 0 radical (unpaired) electrons. The number of ether oxygens (including phenoxy) is 1. The van der Waals surface area contributed by atoms with Gasteiger partial charge in [0.25, 0.3) is 0 Å². The molecule has 1 aromatic heterocycles. The van der Waals surface area contributed by atoms with Gasteiger partial charge in [0.1, 0.15) is 5.01 Å². The van der Waals surface area contributed by atoms with Crippen molar-refractivity contribution in [2.75, 3.05) is 18.5 Å². The van der Waals surface area contributed by atoms with E-state index < -0.39 is 0 Å². The third kappa shape index (κ3) is 5.17. The van der Waals surface area contributed by atoms with E-state index in [2.05, 4.69) is 34.6 Å². The van der Waals surface area contributed by atoms with E-state index in [1.54, 1.807) is 11.3 Å². The molecule has 0 spiro atoms. The lowest BCUT2D eigenvalue weighted by Gasteiger charge is -2.07. The Morgan fingerprint density at radius 2 is 2.08 bits per heavy atom. The summed E-state index contributed by atoms with van der Waals surface area (Å²) >= 11 is 1.69. The third-order valence-electron chi connectivity index (χ3n) is 3.81. The van der Waals surface area contributed by atoms with E-state index in [9.17, 15) is 4.79 Å². The van der Waals surface area contributed by atoms with E-state index in [1.165, 1.54) is 4.70 Å². The number of benzene rings is 2. The molecule has 0 saturated heterocycles. The van der Waals surface area contributed by atoms with Crippen molar-refractivity contribution < 1.29 is 9.53 Å². The number of thiazole rings is 1. The zero-order chi connectivity index (χ0) is 18.2. The maximum atomic E-state index is 11.3. The van der Waals surface area contributed by atoms with E-state index >= 15 is 0 Å². The molecular weight excluding hydrogens is 344 g/mol. The second-order valence-electron chi connectivity index (χ2n) is 5.81. The lowest BCUT2D eigenvalue weighted by molar-refractivity contribution is -0.143. The van der Waals surface area contributed by atoms with Gasteiger partial charge in [0.05, 0.1) is 16.8 Å². The van der Waals surface area contributed by atoms with Gasteiger partial charge in [-0.05, 0) is 49.2 Å². The Hall–Kier alpha value is -2.66. The first-order valence-electron chi connectivity index (χ1n) is 8.78. The highest BCUT2D eigenvalue weighted by Crippen LogP contribution is 2.23. The Kier molecular flexibility index (Phi) is 6.39. The smallest absolute Gasteiger partial charge is 0.305 e. The largest absolute Gasteiger partial charge is 0.466 e. The number of anilines is 1. The van der Waals surface area contributed by atoms with Crippen LogP contribution in [0.25, 0.3) is 22.4 Å². The molecule has 0 aliphatic rings. The minimum absolute atomic E-state index is 0.137. The first-order chi connectivity index (χ1) is 12.7. The van der Waals surface area contributed by atoms with Crippen LogP contribution in [0.1, 0.15) is 30.3 Å². The van der Waals surface area contributed by atoms with Gasteiger partial charge in [0.2, 0.25) is 0 Å². The van der Waals surface area contributed by atoms with Crippen LogP contribution < -0.4 is 5.32 Å². The van der Waals surface area contributed by atoms with Crippen LogP contribution in [0.2, 0.25) is 0 Å². The Morgan fingerprint density at radius 1 is 1.19 bits per heavy atom. The quantitative estimate of drug-likeness (QED) is 0.438. The topological polar surface area (TPSA) is 51.2 Å². The molecule has 0 atom stereocenters. The van der Waals surface area contributed by atoms with E-state index in [0.717, 1.165) is 34.7 Å². The van der Waals surface area contributed by atoms with Gasteiger partial charge in [-0.25, -0.2) is 4.98 Å². The van der Waals surface area contributed by atoms with Gasteiger partial charge in [-0.2, -0.15) is 0 Å². The number of hydrogen-bond acceptors (Lipinski definition) is 5. The summed E-state index contributed by atoms with van der Waals surface area (Å²) in [6.45, 7) is 3.00. The van der Waals surface area contributed by atoms with Crippen molar-refractivity contribution in [1.82, 2.24) is 4.98 Å². The van der Waals surface area contributed by atoms with Crippen molar-refractivity contribution in [2.45, 2.75) is 19.8 Å². The zero-order valence-electron chi connectivity index (χ0n) is 14.8. The standard InChI is InChI=1S/C21H22N2O2S/c1-2-25-21(24)11-6-14-22-17-8-5-7-16(15-17)12-13-20-23-18-9-3-4-10-19(18)26-20/h3-5,7-10,12-13,15,22H,2,6,11,14H2,1H3/b13-12+. The summed E-state index contributed by atoms with van der Waals surface area (Å²) in [6, 6.07) is 16.4. The van der Waals surface area contributed by atoms with Gasteiger partial charge in [-0.3, -0.25) is 4.79 Å². The van der Waals surface area contributed by atoms with E-state index in [1.807, 2.05) is 43.3 Å². The number of nitrogens with one attached hydrogen (secondary N) is 1. The van der Waals surface area contributed by atoms with Gasteiger partial charge in [0, 0.05) is 18.7 Å². The molecule has 3 rings (SSSR count). The van der Waals surface area contributed by atoms with Gasteiger partial charge < -0.3 is 10.1 Å². The summed E-state index contributed by atoms with van der Waals surface area (Å²) < 4.78 is 6.13. The lowest BCUT2D eigenvalue weighted by atomic mass is 10.2. The predicted octanol–water partition coefficient (Wildman–Crippen LogP) is 5.22. The lowest BCUT2D eigenvalue weighted by Crippen LogP contribution is -2.08. The SMILES string of the molecule is CCOC(=O)CCCNc1cccc(/C=C/c2nc3ccccc3s2)c1. The molecule has 26 heavy (non-hydrogen) atoms. The second kappa shape index (κ2) is 9.15. The van der Waals surface area contributed by atoms with Crippen LogP contribution in [0.3, 0.4) is 0 Å². The minimum atomic E-state index is -0.137. The van der Waals surface area contributed by atoms with Crippen molar-refractivity contribution in [3.63, 3.8) is 0 Å². The molecule has 0 unspecified atom stereocenters. The van der Waals surface area contributed by atoms with Gasteiger partial charge in [-0.15, -0.1) is 11.3 Å². The van der Waals surface area contributed by atoms with E-state index in [-0.39, 0.29) is 5.97 Å². The van der Waals surface area contributed by atoms with Crippen molar-refractivity contribution in [1.29, 1.82) is 0 Å². The summed E-state index contributed by atoms with van der Waals surface area (Å²) in [4.78, 5) is 15.9. The first kappa shape index (κ1) is 18.1. The van der Waals surface area contributed by atoms with Gasteiger partial charge >= 0.3 is 5.97 Å². The van der Waals surface area contributed by atoms with Crippen LogP contribution in [0.15, 0.2) is 48.5 Å². The molecule has 2 aromatic carbocycles. The Labute approximate surface area is 157 Å². The summed E-state index contributed by atoms with van der Waals surface area (Å²) in [6.07, 6.45) is 5.31. The fourth-order valence-electron chi connectivity index (χ4n) is 2.58. The summed E-state index contributed by atoms with van der Waals surface area (Å²) in [5, 5.41) is 4.35. The molecule has 3 aromatic rings. The third-order valence-corrected chi connectivity index (χ3v) is 4.81. The molecule has 5 heteroatoms. The fourth-order valence-corrected chi connectivity index (χ4v) is 3.45. The van der Waals surface area contributed by atoms with Gasteiger partial charge in [-0.1, -0.05) is 30.3 Å². The molecule has 1 heterocycles. The predicted molar refractivity (Wildman–Crippen MR) is 109 cm³/mol. The van der Waals surface area contributed by atoms with Crippen molar-refractivity contribution in [2.24, 2.45) is 0 Å². The number of para-hydroxylation sites is 1. The van der Waals surface area contributed by atoms with Crippen molar-refractivity contribution >= 4 is 45.4 Å². The highest BCUT2D eigenvalue weighted by atomic mass is 32.1.